The van der Waals surface area contributed by atoms with Gasteiger partial charge in [-0.05, 0) is 68.8 Å². The van der Waals surface area contributed by atoms with Crippen LogP contribution in [-0.4, -0.2) is 24.9 Å². The molecule has 2 N–H and O–H groups in total. The minimum absolute atomic E-state index is 0.106. The first-order valence-electron chi connectivity index (χ1n) is 9.54. The van der Waals surface area contributed by atoms with E-state index in [1.54, 1.807) is 6.08 Å². The quantitative estimate of drug-likeness (QED) is 0.806. The molecule has 0 saturated carbocycles. The van der Waals surface area contributed by atoms with Crippen molar-refractivity contribution in [2.45, 2.75) is 27.2 Å². The number of aryl methyl sites for hydroxylation is 1. The number of carbonyl (C=O) groups excluding carboxylic acids is 2. The number of benzene rings is 2. The molecule has 0 aliphatic carbocycles. The normalized spacial score (nSPS) is 13.6. The summed E-state index contributed by atoms with van der Waals surface area (Å²) in [5.74, 6) is -0.383. The van der Waals surface area contributed by atoms with Crippen molar-refractivity contribution in [2.75, 3.05) is 28.3 Å². The van der Waals surface area contributed by atoms with Gasteiger partial charge in [0, 0.05) is 30.9 Å². The largest absolute Gasteiger partial charge is 0.372 e. The molecule has 28 heavy (non-hydrogen) atoms. The maximum Gasteiger partial charge on any atom is 0.273 e. The van der Waals surface area contributed by atoms with Crippen molar-refractivity contribution in [3.8, 4) is 0 Å². The summed E-state index contributed by atoms with van der Waals surface area (Å²) in [6.07, 6.45) is 1.79. The second-order valence-corrected chi connectivity index (χ2v) is 6.68. The van der Waals surface area contributed by atoms with Gasteiger partial charge < -0.3 is 10.2 Å². The highest BCUT2D eigenvalue weighted by Crippen LogP contribution is 2.21. The number of anilines is 3. The molecule has 1 aliphatic rings. The smallest absolute Gasteiger partial charge is 0.273 e. The van der Waals surface area contributed by atoms with Crippen LogP contribution in [0.5, 0.6) is 0 Å². The van der Waals surface area contributed by atoms with E-state index in [4.69, 9.17) is 0 Å². The van der Waals surface area contributed by atoms with E-state index in [9.17, 15) is 9.59 Å². The third-order valence-electron chi connectivity index (χ3n) is 4.72. The van der Waals surface area contributed by atoms with Crippen molar-refractivity contribution < 1.29 is 9.59 Å². The Balaban J connectivity index is 1.69. The van der Waals surface area contributed by atoms with Gasteiger partial charge in [0.2, 0.25) is 5.91 Å². The van der Waals surface area contributed by atoms with Crippen molar-refractivity contribution in [2.24, 2.45) is 0 Å². The third-order valence-corrected chi connectivity index (χ3v) is 4.72. The topological polar surface area (TPSA) is 64.7 Å². The zero-order valence-corrected chi connectivity index (χ0v) is 16.5. The lowest BCUT2D eigenvalue weighted by atomic mass is 10.2. The minimum atomic E-state index is -0.277. The Morgan fingerprint density at radius 3 is 2.50 bits per heavy atom. The van der Waals surface area contributed by atoms with Gasteiger partial charge >= 0.3 is 0 Å². The van der Waals surface area contributed by atoms with Gasteiger partial charge in [0.05, 0.1) is 5.69 Å². The van der Waals surface area contributed by atoms with Gasteiger partial charge in [-0.1, -0.05) is 12.1 Å². The van der Waals surface area contributed by atoms with Crippen molar-refractivity contribution in [1.82, 2.24) is 5.43 Å². The molecule has 0 atom stereocenters. The number of hydrogen-bond acceptors (Lipinski definition) is 4. The van der Waals surface area contributed by atoms with Crippen LogP contribution in [0.25, 0.3) is 0 Å². The second kappa shape index (κ2) is 8.61. The first-order valence-corrected chi connectivity index (χ1v) is 9.54. The fourth-order valence-corrected chi connectivity index (χ4v) is 3.17. The standard InChI is InChI=1S/C22H26N4O2/c1-4-25(5-2)18-11-9-17(10-12-18)23-22(28)20-13-14-21(27)26(24-20)19-8-6-7-16(3)15-19/h6-13,15,24H,4-5,14H2,1-3H3,(H,23,28). The van der Waals surface area contributed by atoms with Gasteiger partial charge in [0.1, 0.15) is 5.70 Å². The number of carbonyl (C=O) groups is 2. The highest BCUT2D eigenvalue weighted by Gasteiger charge is 2.24. The lowest BCUT2D eigenvalue weighted by Gasteiger charge is -2.28. The Hall–Kier alpha value is -3.28. The average molecular weight is 378 g/mol. The van der Waals surface area contributed by atoms with Gasteiger partial charge in [0.15, 0.2) is 0 Å². The highest BCUT2D eigenvalue weighted by atomic mass is 16.2. The third kappa shape index (κ3) is 4.34. The highest BCUT2D eigenvalue weighted by molar-refractivity contribution is 6.06. The number of hydrogen-bond donors (Lipinski definition) is 2. The van der Waals surface area contributed by atoms with Gasteiger partial charge in [-0.2, -0.15) is 0 Å². The molecular formula is C22H26N4O2. The Labute approximate surface area is 165 Å². The van der Waals surface area contributed by atoms with Crippen LogP contribution in [0.15, 0.2) is 60.3 Å². The minimum Gasteiger partial charge on any atom is -0.372 e. The SMILES string of the molecule is CCN(CC)c1ccc(NC(=O)C2=CCC(=O)N(c3cccc(C)c3)N2)cc1. The Kier molecular flexibility index (Phi) is 5.99. The van der Waals surface area contributed by atoms with Crippen molar-refractivity contribution in [3.05, 3.63) is 65.9 Å². The molecule has 1 aliphatic heterocycles. The maximum atomic E-state index is 12.7. The molecule has 0 bridgehead atoms. The summed E-state index contributed by atoms with van der Waals surface area (Å²) in [6.45, 7) is 8.05. The van der Waals surface area contributed by atoms with Crippen LogP contribution in [0.2, 0.25) is 0 Å². The molecule has 0 spiro atoms. The number of nitrogens with zero attached hydrogens (tertiary/aromatic N) is 2. The summed E-state index contributed by atoms with van der Waals surface area (Å²) < 4.78 is 0. The van der Waals surface area contributed by atoms with Crippen molar-refractivity contribution in [3.63, 3.8) is 0 Å². The van der Waals surface area contributed by atoms with E-state index in [0.717, 1.165) is 24.3 Å². The molecule has 2 aromatic rings. The molecule has 0 fully saturated rings. The van der Waals surface area contributed by atoms with E-state index >= 15 is 0 Å². The van der Waals surface area contributed by atoms with E-state index in [-0.39, 0.29) is 18.2 Å². The molecule has 1 heterocycles. The Morgan fingerprint density at radius 2 is 1.86 bits per heavy atom. The van der Waals surface area contributed by atoms with Gasteiger partial charge in [0.25, 0.3) is 5.91 Å². The summed E-state index contributed by atoms with van der Waals surface area (Å²) >= 11 is 0. The number of hydrazine groups is 1. The molecule has 6 heteroatoms. The van der Waals surface area contributed by atoms with E-state index in [2.05, 4.69) is 29.5 Å². The van der Waals surface area contributed by atoms with Crippen LogP contribution in [0, 0.1) is 6.92 Å². The molecule has 0 aromatic heterocycles. The van der Waals surface area contributed by atoms with E-state index in [1.807, 2.05) is 55.5 Å². The zero-order valence-electron chi connectivity index (χ0n) is 16.5. The summed E-state index contributed by atoms with van der Waals surface area (Å²) in [4.78, 5) is 27.2. The number of nitrogens with one attached hydrogen (secondary N) is 2. The van der Waals surface area contributed by atoms with Gasteiger partial charge in [-0.25, -0.2) is 5.01 Å². The molecule has 6 nitrogen and oxygen atoms in total. The summed E-state index contributed by atoms with van der Waals surface area (Å²) in [6, 6.07) is 15.3. The lowest BCUT2D eigenvalue weighted by molar-refractivity contribution is -0.119. The second-order valence-electron chi connectivity index (χ2n) is 6.68. The van der Waals surface area contributed by atoms with Crippen LogP contribution in [0.1, 0.15) is 25.8 Å². The Bertz CT molecular complexity index is 886. The first-order chi connectivity index (χ1) is 13.5. The predicted molar refractivity (Wildman–Crippen MR) is 113 cm³/mol. The molecule has 0 unspecified atom stereocenters. The maximum absolute atomic E-state index is 12.7. The van der Waals surface area contributed by atoms with Crippen LogP contribution in [0.3, 0.4) is 0 Å². The van der Waals surface area contributed by atoms with Crippen LogP contribution < -0.4 is 20.7 Å². The fraction of sp³-hybridized carbons (Fsp3) is 0.273. The molecule has 2 aromatic carbocycles. The summed E-state index contributed by atoms with van der Waals surface area (Å²) in [5, 5.41) is 4.31. The van der Waals surface area contributed by atoms with E-state index in [0.29, 0.717) is 17.1 Å². The zero-order chi connectivity index (χ0) is 20.1. The van der Waals surface area contributed by atoms with Crippen molar-refractivity contribution >= 4 is 28.9 Å². The number of amides is 2. The molecular weight excluding hydrogens is 352 g/mol. The summed E-state index contributed by atoms with van der Waals surface area (Å²) in [5.41, 5.74) is 6.88. The average Bonchev–Trinajstić information content (AvgIpc) is 2.70. The molecule has 0 saturated heterocycles. The summed E-state index contributed by atoms with van der Waals surface area (Å²) in [7, 11) is 0. The molecule has 2 amide bonds. The van der Waals surface area contributed by atoms with Crippen LogP contribution in [0.4, 0.5) is 17.1 Å². The van der Waals surface area contributed by atoms with E-state index in [1.165, 1.54) is 5.01 Å². The van der Waals surface area contributed by atoms with Gasteiger partial charge in [-0.15, -0.1) is 0 Å². The van der Waals surface area contributed by atoms with Crippen molar-refractivity contribution in [1.29, 1.82) is 0 Å². The van der Waals surface area contributed by atoms with Crippen LogP contribution >= 0.6 is 0 Å². The fourth-order valence-electron chi connectivity index (χ4n) is 3.17. The van der Waals surface area contributed by atoms with Gasteiger partial charge in [-0.3, -0.25) is 15.0 Å². The van der Waals surface area contributed by atoms with E-state index < -0.39 is 0 Å². The number of rotatable bonds is 6. The first kappa shape index (κ1) is 19.5. The molecule has 3 rings (SSSR count). The lowest BCUT2D eigenvalue weighted by Crippen LogP contribution is -2.47. The predicted octanol–water partition coefficient (Wildman–Crippen LogP) is 3.61. The Morgan fingerprint density at radius 1 is 1.14 bits per heavy atom. The molecule has 146 valence electrons. The monoisotopic (exact) mass is 378 g/mol. The molecule has 0 radical (unpaired) electrons. The van der Waals surface area contributed by atoms with Crippen LogP contribution in [-0.2, 0) is 9.59 Å².